The van der Waals surface area contributed by atoms with Crippen molar-refractivity contribution in [2.45, 2.75) is 10.3 Å². The van der Waals surface area contributed by atoms with Crippen molar-refractivity contribution in [2.24, 2.45) is 0 Å². The molecule has 0 aromatic heterocycles. The molecule has 0 saturated heterocycles. The summed E-state index contributed by atoms with van der Waals surface area (Å²) in [7, 11) is 0. The van der Waals surface area contributed by atoms with E-state index < -0.39 is 5.38 Å². The van der Waals surface area contributed by atoms with Gasteiger partial charge < -0.3 is 0 Å². The van der Waals surface area contributed by atoms with E-state index in [0.717, 1.165) is 10.5 Å². The van der Waals surface area contributed by atoms with Crippen molar-refractivity contribution < 1.29 is 4.79 Å². The average molecular weight is 311 g/mol. The smallest absolute Gasteiger partial charge is 0.185 e. The van der Waals surface area contributed by atoms with Crippen LogP contribution in [0, 0.1) is 0 Å². The maximum absolute atomic E-state index is 12.3. The van der Waals surface area contributed by atoms with Crippen LogP contribution in [0.15, 0.2) is 53.4 Å². The van der Waals surface area contributed by atoms with E-state index in [-0.39, 0.29) is 5.78 Å². The van der Waals surface area contributed by atoms with E-state index in [4.69, 9.17) is 23.2 Å². The molecule has 19 heavy (non-hydrogen) atoms. The molecule has 0 saturated carbocycles. The van der Waals surface area contributed by atoms with Crippen LogP contribution in [0.25, 0.3) is 0 Å². The summed E-state index contributed by atoms with van der Waals surface area (Å²) in [6.45, 7) is 0. The van der Waals surface area contributed by atoms with Crippen LogP contribution in [-0.2, 0) is 0 Å². The second kappa shape index (κ2) is 6.47. The Bertz CT molecular complexity index is 598. The molecule has 0 radical (unpaired) electrons. The van der Waals surface area contributed by atoms with Gasteiger partial charge >= 0.3 is 0 Å². The van der Waals surface area contributed by atoms with Gasteiger partial charge in [-0.1, -0.05) is 35.9 Å². The molecule has 0 fully saturated rings. The number of rotatable bonds is 4. The van der Waals surface area contributed by atoms with E-state index in [1.165, 1.54) is 0 Å². The molecule has 0 bridgehead atoms. The van der Waals surface area contributed by atoms with Gasteiger partial charge in [0, 0.05) is 15.5 Å². The van der Waals surface area contributed by atoms with Crippen LogP contribution in [-0.4, -0.2) is 12.0 Å². The lowest BCUT2D eigenvalue weighted by molar-refractivity contribution is 0.0987. The van der Waals surface area contributed by atoms with Crippen molar-refractivity contribution in [3.63, 3.8) is 0 Å². The highest BCUT2D eigenvalue weighted by Crippen LogP contribution is 2.28. The lowest BCUT2D eigenvalue weighted by atomic mass is 10.0. The maximum atomic E-state index is 12.3. The molecule has 1 unspecified atom stereocenters. The lowest BCUT2D eigenvalue weighted by Crippen LogP contribution is -2.07. The average Bonchev–Trinajstić information content (AvgIpc) is 2.45. The Labute approximate surface area is 126 Å². The quantitative estimate of drug-likeness (QED) is 0.437. The van der Waals surface area contributed by atoms with Gasteiger partial charge in [0.1, 0.15) is 5.38 Å². The molecule has 1 nitrogen and oxygen atoms in total. The second-order valence-corrected chi connectivity index (χ2v) is 5.77. The van der Waals surface area contributed by atoms with Crippen molar-refractivity contribution in [3.05, 3.63) is 64.7 Å². The molecule has 0 aliphatic rings. The third-order valence-electron chi connectivity index (χ3n) is 2.73. The summed E-state index contributed by atoms with van der Waals surface area (Å²) in [5, 5.41) is -0.154. The number of Topliss-reactive ketones (excluding diaryl/α,β-unsaturated/α-hetero) is 1. The molecule has 98 valence electrons. The van der Waals surface area contributed by atoms with Crippen LogP contribution in [0.5, 0.6) is 0 Å². The van der Waals surface area contributed by atoms with Crippen LogP contribution in [0.1, 0.15) is 21.3 Å². The zero-order valence-electron chi connectivity index (χ0n) is 10.3. The van der Waals surface area contributed by atoms with Crippen molar-refractivity contribution in [2.75, 3.05) is 6.26 Å². The molecule has 2 aromatic rings. The monoisotopic (exact) mass is 310 g/mol. The first kappa shape index (κ1) is 14.4. The molecule has 4 heteroatoms. The van der Waals surface area contributed by atoms with E-state index >= 15 is 0 Å². The molecule has 0 amide bonds. The van der Waals surface area contributed by atoms with Gasteiger partial charge in [-0.15, -0.1) is 23.4 Å². The molecule has 0 heterocycles. The fourth-order valence-electron chi connectivity index (χ4n) is 1.74. The van der Waals surface area contributed by atoms with Crippen LogP contribution in [0.4, 0.5) is 0 Å². The molecule has 0 aliphatic carbocycles. The van der Waals surface area contributed by atoms with E-state index in [1.807, 2.05) is 30.5 Å². The van der Waals surface area contributed by atoms with Crippen molar-refractivity contribution in [1.29, 1.82) is 0 Å². The number of alkyl halides is 1. The van der Waals surface area contributed by atoms with E-state index in [0.29, 0.717) is 10.6 Å². The van der Waals surface area contributed by atoms with E-state index in [9.17, 15) is 4.79 Å². The van der Waals surface area contributed by atoms with Gasteiger partial charge in [-0.05, 0) is 36.1 Å². The third-order valence-corrected chi connectivity index (χ3v) is 4.14. The molecular weight excluding hydrogens is 299 g/mol. The molecule has 0 spiro atoms. The minimum Gasteiger partial charge on any atom is -0.292 e. The number of carbonyl (C=O) groups is 1. The standard InChI is InChI=1S/C15H12Cl2OS/c1-19-13-7-3-4-10(9-13)14(17)15(18)11-5-2-6-12(16)8-11/h2-9,14H,1H3. The number of hydrogen-bond acceptors (Lipinski definition) is 2. The summed E-state index contributed by atoms with van der Waals surface area (Å²) in [5.41, 5.74) is 1.33. The Morgan fingerprint density at radius 3 is 2.58 bits per heavy atom. The topological polar surface area (TPSA) is 17.1 Å². The first-order valence-corrected chi connectivity index (χ1v) is 7.73. The summed E-state index contributed by atoms with van der Waals surface area (Å²) >= 11 is 13.8. The summed E-state index contributed by atoms with van der Waals surface area (Å²) in [5.74, 6) is -0.137. The number of benzene rings is 2. The first-order chi connectivity index (χ1) is 9.11. The number of thioether (sulfide) groups is 1. The fraction of sp³-hybridized carbons (Fsp3) is 0.133. The third kappa shape index (κ3) is 3.53. The zero-order valence-corrected chi connectivity index (χ0v) is 12.6. The van der Waals surface area contributed by atoms with Crippen molar-refractivity contribution in [3.8, 4) is 0 Å². The van der Waals surface area contributed by atoms with Crippen LogP contribution >= 0.6 is 35.0 Å². The van der Waals surface area contributed by atoms with Gasteiger partial charge in [0.25, 0.3) is 0 Å². The highest BCUT2D eigenvalue weighted by Gasteiger charge is 2.19. The molecule has 2 rings (SSSR count). The zero-order chi connectivity index (χ0) is 13.8. The second-order valence-electron chi connectivity index (χ2n) is 4.01. The summed E-state index contributed by atoms with van der Waals surface area (Å²) < 4.78 is 0. The van der Waals surface area contributed by atoms with Crippen molar-refractivity contribution >= 4 is 40.7 Å². The minimum atomic E-state index is -0.689. The number of halogens is 2. The van der Waals surface area contributed by atoms with Gasteiger partial charge in [0.05, 0.1) is 0 Å². The number of hydrogen-bond donors (Lipinski definition) is 0. The number of ketones is 1. The Morgan fingerprint density at radius 2 is 1.89 bits per heavy atom. The SMILES string of the molecule is CSc1cccc(C(Cl)C(=O)c2cccc(Cl)c2)c1. The predicted molar refractivity (Wildman–Crippen MR) is 82.6 cm³/mol. The summed E-state index contributed by atoms with van der Waals surface area (Å²) in [6.07, 6.45) is 1.99. The highest BCUT2D eigenvalue weighted by atomic mass is 35.5. The Balaban J connectivity index is 2.28. The molecule has 0 aliphatic heterocycles. The maximum Gasteiger partial charge on any atom is 0.185 e. The van der Waals surface area contributed by atoms with Crippen LogP contribution in [0.3, 0.4) is 0 Å². The fourth-order valence-corrected chi connectivity index (χ4v) is 2.66. The normalized spacial score (nSPS) is 12.2. The van der Waals surface area contributed by atoms with Crippen LogP contribution < -0.4 is 0 Å². The van der Waals surface area contributed by atoms with Gasteiger partial charge in [-0.2, -0.15) is 0 Å². The summed E-state index contributed by atoms with van der Waals surface area (Å²) in [6, 6.07) is 14.5. The first-order valence-electron chi connectivity index (χ1n) is 5.69. The lowest BCUT2D eigenvalue weighted by Gasteiger charge is -2.10. The predicted octanol–water partition coefficient (Wildman–Crippen LogP) is 5.22. The van der Waals surface area contributed by atoms with Crippen molar-refractivity contribution in [1.82, 2.24) is 0 Å². The van der Waals surface area contributed by atoms with Gasteiger partial charge in [0.2, 0.25) is 0 Å². The highest BCUT2D eigenvalue weighted by molar-refractivity contribution is 7.98. The van der Waals surface area contributed by atoms with Gasteiger partial charge in [-0.3, -0.25) is 4.79 Å². The molecular formula is C15H12Cl2OS. The van der Waals surface area contributed by atoms with E-state index in [2.05, 4.69) is 0 Å². The summed E-state index contributed by atoms with van der Waals surface area (Å²) in [4.78, 5) is 13.4. The largest absolute Gasteiger partial charge is 0.292 e. The Kier molecular flexibility index (Phi) is 4.92. The number of carbonyl (C=O) groups excluding carboxylic acids is 1. The molecule has 2 aromatic carbocycles. The Morgan fingerprint density at radius 1 is 1.16 bits per heavy atom. The molecule has 1 atom stereocenters. The van der Waals surface area contributed by atoms with Gasteiger partial charge in [-0.25, -0.2) is 0 Å². The molecule has 0 N–H and O–H groups in total. The minimum absolute atomic E-state index is 0.137. The van der Waals surface area contributed by atoms with Gasteiger partial charge in [0.15, 0.2) is 5.78 Å². The van der Waals surface area contributed by atoms with E-state index in [1.54, 1.807) is 36.0 Å². The Hall–Kier alpha value is -0.960. The van der Waals surface area contributed by atoms with Crippen LogP contribution in [0.2, 0.25) is 5.02 Å².